The average molecular weight is 287 g/mol. The summed E-state index contributed by atoms with van der Waals surface area (Å²) in [6.07, 6.45) is 0. The van der Waals surface area contributed by atoms with Gasteiger partial charge in [0.25, 0.3) is 0 Å². The fourth-order valence-electron chi connectivity index (χ4n) is 0.518. The van der Waals surface area contributed by atoms with Crippen LogP contribution in [0.3, 0.4) is 0 Å². The quantitative estimate of drug-likeness (QED) is 0.774. The Bertz CT molecular complexity index is 142. The maximum atomic E-state index is 11.2. The highest BCUT2D eigenvalue weighted by Crippen LogP contribution is 2.06. The Morgan fingerprint density at radius 3 is 2.27 bits per heavy atom. The molecule has 0 aliphatic heterocycles. The van der Waals surface area contributed by atoms with Crippen LogP contribution in [0.15, 0.2) is 0 Å². The summed E-state index contributed by atoms with van der Waals surface area (Å²) in [4.78, 5) is 11.1. The van der Waals surface area contributed by atoms with Crippen LogP contribution >= 0.6 is 31.9 Å². The van der Waals surface area contributed by atoms with Gasteiger partial charge >= 0.3 is 0 Å². The highest BCUT2D eigenvalue weighted by atomic mass is 79.9. The van der Waals surface area contributed by atoms with Crippen molar-refractivity contribution in [2.75, 3.05) is 5.33 Å². The number of carbonyl (C=O) groups is 1. The molecule has 11 heavy (non-hydrogen) atoms. The van der Waals surface area contributed by atoms with Crippen LogP contribution < -0.4 is 5.32 Å². The van der Waals surface area contributed by atoms with Gasteiger partial charge in [0.1, 0.15) is 4.83 Å². The summed E-state index contributed by atoms with van der Waals surface area (Å²) < 4.78 is 0. The maximum absolute atomic E-state index is 11.2. The largest absolute Gasteiger partial charge is 0.351 e. The Morgan fingerprint density at radius 1 is 1.55 bits per heavy atom. The molecule has 4 heteroatoms. The van der Waals surface area contributed by atoms with E-state index in [2.05, 4.69) is 37.2 Å². The van der Waals surface area contributed by atoms with E-state index in [1.54, 1.807) is 0 Å². The number of carbonyl (C=O) groups excluding carboxylic acids is 1. The van der Waals surface area contributed by atoms with Crippen LogP contribution in [0.25, 0.3) is 0 Å². The molecule has 1 amide bonds. The van der Waals surface area contributed by atoms with Gasteiger partial charge in [0, 0.05) is 10.9 Å². The molecule has 2 nitrogen and oxygen atoms in total. The number of hydrogen-bond donors (Lipinski definition) is 1. The lowest BCUT2D eigenvalue weighted by molar-refractivity contribution is -0.121. The van der Waals surface area contributed by atoms with Gasteiger partial charge in [-0.05, 0) is 20.8 Å². The standard InChI is InChI=1S/C7H13Br2NO/c1-7(2,3)10-6(11)5(9)4-8/h5H,4H2,1-3H3,(H,10,11)/t5-/m0/s1. The molecule has 0 heterocycles. The van der Waals surface area contributed by atoms with Crippen molar-refractivity contribution in [2.24, 2.45) is 0 Å². The molecule has 1 atom stereocenters. The smallest absolute Gasteiger partial charge is 0.235 e. The van der Waals surface area contributed by atoms with Crippen LogP contribution in [-0.2, 0) is 4.79 Å². The zero-order valence-electron chi connectivity index (χ0n) is 6.95. The lowest BCUT2D eigenvalue weighted by Crippen LogP contribution is -2.44. The van der Waals surface area contributed by atoms with E-state index in [0.717, 1.165) is 0 Å². The first kappa shape index (κ1) is 11.4. The molecule has 0 aliphatic carbocycles. The third-order valence-electron chi connectivity index (χ3n) is 0.918. The van der Waals surface area contributed by atoms with Crippen molar-refractivity contribution < 1.29 is 4.79 Å². The fraction of sp³-hybridized carbons (Fsp3) is 0.857. The monoisotopic (exact) mass is 285 g/mol. The number of alkyl halides is 2. The molecular weight excluding hydrogens is 274 g/mol. The van der Waals surface area contributed by atoms with Gasteiger partial charge < -0.3 is 5.32 Å². The van der Waals surface area contributed by atoms with Gasteiger partial charge in [-0.15, -0.1) is 0 Å². The third kappa shape index (κ3) is 5.67. The number of halogens is 2. The molecule has 0 aromatic carbocycles. The van der Waals surface area contributed by atoms with Crippen molar-refractivity contribution in [1.82, 2.24) is 5.32 Å². The predicted molar refractivity (Wildman–Crippen MR) is 54.4 cm³/mol. The molecule has 0 bridgehead atoms. The SMILES string of the molecule is CC(C)(C)NC(=O)[C@@H](Br)CBr. The molecule has 1 N–H and O–H groups in total. The molecule has 0 unspecified atom stereocenters. The van der Waals surface area contributed by atoms with Crippen LogP contribution in [0.1, 0.15) is 20.8 Å². The van der Waals surface area contributed by atoms with Crippen molar-refractivity contribution in [3.63, 3.8) is 0 Å². The average Bonchev–Trinajstić information content (AvgIpc) is 1.82. The molecule has 66 valence electrons. The zero-order valence-corrected chi connectivity index (χ0v) is 10.1. The Morgan fingerprint density at radius 2 is 2.00 bits per heavy atom. The number of amides is 1. The Kier molecular flexibility index (Phi) is 4.63. The van der Waals surface area contributed by atoms with Crippen LogP contribution in [-0.4, -0.2) is 21.6 Å². The summed E-state index contributed by atoms with van der Waals surface area (Å²) in [5, 5.41) is 3.49. The summed E-state index contributed by atoms with van der Waals surface area (Å²) in [6.45, 7) is 5.87. The first-order chi connectivity index (χ1) is 4.87. The molecule has 0 rings (SSSR count). The van der Waals surface area contributed by atoms with Crippen molar-refractivity contribution in [2.45, 2.75) is 31.1 Å². The van der Waals surface area contributed by atoms with Gasteiger partial charge in [-0.3, -0.25) is 4.79 Å². The van der Waals surface area contributed by atoms with Gasteiger partial charge in [0.15, 0.2) is 0 Å². The van der Waals surface area contributed by atoms with Gasteiger partial charge in [-0.25, -0.2) is 0 Å². The maximum Gasteiger partial charge on any atom is 0.235 e. The lowest BCUT2D eigenvalue weighted by atomic mass is 10.1. The minimum Gasteiger partial charge on any atom is -0.351 e. The highest BCUT2D eigenvalue weighted by molar-refractivity contribution is 9.12. The Labute approximate surface area is 84.4 Å². The summed E-state index contributed by atoms with van der Waals surface area (Å²) in [5.74, 6) is 0.0226. The normalized spacial score (nSPS) is 14.3. The Hall–Kier alpha value is 0.430. The van der Waals surface area contributed by atoms with Crippen molar-refractivity contribution in [3.8, 4) is 0 Å². The van der Waals surface area contributed by atoms with E-state index in [-0.39, 0.29) is 16.3 Å². The molecule has 0 spiro atoms. The number of nitrogens with one attached hydrogen (secondary N) is 1. The van der Waals surface area contributed by atoms with Gasteiger partial charge in [-0.2, -0.15) is 0 Å². The molecular formula is C7H13Br2NO. The molecule has 0 aliphatic rings. The lowest BCUT2D eigenvalue weighted by Gasteiger charge is -2.21. The molecule has 0 saturated heterocycles. The van der Waals surface area contributed by atoms with E-state index in [9.17, 15) is 4.79 Å². The summed E-state index contributed by atoms with van der Waals surface area (Å²) >= 11 is 6.45. The van der Waals surface area contributed by atoms with E-state index in [0.29, 0.717) is 5.33 Å². The minimum atomic E-state index is -0.148. The minimum absolute atomic E-state index is 0.0226. The van der Waals surface area contributed by atoms with Gasteiger partial charge in [0.2, 0.25) is 5.91 Å². The van der Waals surface area contributed by atoms with E-state index >= 15 is 0 Å². The molecule has 0 fully saturated rings. The molecule has 0 saturated carbocycles. The van der Waals surface area contributed by atoms with Crippen molar-refractivity contribution in [1.29, 1.82) is 0 Å². The van der Waals surface area contributed by atoms with Gasteiger partial charge in [-0.1, -0.05) is 31.9 Å². The molecule has 0 aromatic rings. The fourth-order valence-corrected chi connectivity index (χ4v) is 0.926. The van der Waals surface area contributed by atoms with Crippen LogP contribution in [0.5, 0.6) is 0 Å². The summed E-state index contributed by atoms with van der Waals surface area (Å²) in [6, 6.07) is 0. The first-order valence-corrected chi connectivity index (χ1v) is 5.42. The number of rotatable bonds is 2. The topological polar surface area (TPSA) is 29.1 Å². The zero-order chi connectivity index (χ0) is 9.07. The van der Waals surface area contributed by atoms with Crippen molar-refractivity contribution >= 4 is 37.8 Å². The first-order valence-electron chi connectivity index (χ1n) is 3.39. The van der Waals surface area contributed by atoms with E-state index in [1.165, 1.54) is 0 Å². The van der Waals surface area contributed by atoms with Crippen molar-refractivity contribution in [3.05, 3.63) is 0 Å². The molecule has 0 radical (unpaired) electrons. The van der Waals surface area contributed by atoms with Crippen LogP contribution in [0.2, 0.25) is 0 Å². The molecule has 0 aromatic heterocycles. The van der Waals surface area contributed by atoms with Crippen LogP contribution in [0, 0.1) is 0 Å². The summed E-state index contributed by atoms with van der Waals surface area (Å²) in [5.41, 5.74) is -0.148. The number of hydrogen-bond acceptors (Lipinski definition) is 1. The Balaban J connectivity index is 3.88. The predicted octanol–water partition coefficient (Wildman–Crippen LogP) is 2.06. The summed E-state index contributed by atoms with van der Waals surface area (Å²) in [7, 11) is 0. The van der Waals surface area contributed by atoms with E-state index in [4.69, 9.17) is 0 Å². The second-order valence-corrected chi connectivity index (χ2v) is 5.11. The van der Waals surface area contributed by atoms with Crippen LogP contribution in [0.4, 0.5) is 0 Å². The van der Waals surface area contributed by atoms with E-state index in [1.807, 2.05) is 20.8 Å². The van der Waals surface area contributed by atoms with E-state index < -0.39 is 0 Å². The second-order valence-electron chi connectivity index (χ2n) is 3.36. The van der Waals surface area contributed by atoms with Gasteiger partial charge in [0.05, 0.1) is 0 Å². The third-order valence-corrected chi connectivity index (χ3v) is 3.17. The second kappa shape index (κ2) is 4.45. The highest BCUT2D eigenvalue weighted by Gasteiger charge is 2.18.